The average Bonchev–Trinajstić information content (AvgIpc) is 2.57. The van der Waals surface area contributed by atoms with E-state index in [-0.39, 0.29) is 11.9 Å². The van der Waals surface area contributed by atoms with Gasteiger partial charge in [0.25, 0.3) is 5.91 Å². The summed E-state index contributed by atoms with van der Waals surface area (Å²) >= 11 is 4.16. The third-order valence-electron chi connectivity index (χ3n) is 3.78. The third kappa shape index (κ3) is 4.74. The summed E-state index contributed by atoms with van der Waals surface area (Å²) in [6.07, 6.45) is 0. The summed E-state index contributed by atoms with van der Waals surface area (Å²) < 4.78 is 0. The standard InChI is InChI=1S/C18H23N3OS/c1-12-5-3-8-17(13(12)2)21-18(22)14-6-4-7-16(9-14)20-10-15(19)11-23/h3-9,15,20,23H,10-11,19H2,1-2H3,(H,21,22)/t15-/m0/s1. The molecule has 0 saturated heterocycles. The smallest absolute Gasteiger partial charge is 0.255 e. The number of carbonyl (C=O) groups excluding carboxylic acids is 1. The maximum Gasteiger partial charge on any atom is 0.255 e. The minimum Gasteiger partial charge on any atom is -0.383 e. The van der Waals surface area contributed by atoms with Crippen LogP contribution in [-0.2, 0) is 0 Å². The number of hydrogen-bond donors (Lipinski definition) is 4. The second kappa shape index (κ2) is 8.04. The molecule has 5 heteroatoms. The summed E-state index contributed by atoms with van der Waals surface area (Å²) in [6, 6.07) is 13.2. The van der Waals surface area contributed by atoms with Gasteiger partial charge in [0.2, 0.25) is 0 Å². The van der Waals surface area contributed by atoms with Crippen molar-refractivity contribution in [2.24, 2.45) is 5.73 Å². The predicted molar refractivity (Wildman–Crippen MR) is 101 cm³/mol. The van der Waals surface area contributed by atoms with E-state index in [4.69, 9.17) is 5.73 Å². The van der Waals surface area contributed by atoms with Crippen LogP contribution in [0.5, 0.6) is 0 Å². The number of thiol groups is 1. The van der Waals surface area contributed by atoms with Crippen LogP contribution in [0.3, 0.4) is 0 Å². The van der Waals surface area contributed by atoms with Crippen molar-refractivity contribution >= 4 is 29.9 Å². The van der Waals surface area contributed by atoms with Crippen molar-refractivity contribution in [1.29, 1.82) is 0 Å². The van der Waals surface area contributed by atoms with Gasteiger partial charge in [-0.3, -0.25) is 4.79 Å². The van der Waals surface area contributed by atoms with Crippen molar-refractivity contribution in [2.45, 2.75) is 19.9 Å². The molecule has 0 bridgehead atoms. The lowest BCUT2D eigenvalue weighted by Gasteiger charge is -2.13. The molecule has 0 heterocycles. The van der Waals surface area contributed by atoms with Crippen molar-refractivity contribution < 1.29 is 4.79 Å². The molecule has 122 valence electrons. The lowest BCUT2D eigenvalue weighted by Crippen LogP contribution is -2.30. The quantitative estimate of drug-likeness (QED) is 0.615. The van der Waals surface area contributed by atoms with Gasteiger partial charge in [0, 0.05) is 35.3 Å². The summed E-state index contributed by atoms with van der Waals surface area (Å²) in [7, 11) is 0. The molecular weight excluding hydrogens is 306 g/mol. The first-order chi connectivity index (χ1) is 11.0. The molecular formula is C18H23N3OS. The van der Waals surface area contributed by atoms with Crippen LogP contribution in [0.1, 0.15) is 21.5 Å². The molecule has 0 spiro atoms. The highest BCUT2D eigenvalue weighted by Gasteiger charge is 2.09. The van der Waals surface area contributed by atoms with Crippen molar-refractivity contribution in [3.8, 4) is 0 Å². The summed E-state index contributed by atoms with van der Waals surface area (Å²) in [5.74, 6) is 0.487. The van der Waals surface area contributed by atoms with Crippen molar-refractivity contribution in [3.63, 3.8) is 0 Å². The first-order valence-electron chi connectivity index (χ1n) is 7.59. The van der Waals surface area contributed by atoms with Crippen LogP contribution in [0.15, 0.2) is 42.5 Å². The number of nitrogens with one attached hydrogen (secondary N) is 2. The lowest BCUT2D eigenvalue weighted by molar-refractivity contribution is 0.102. The maximum atomic E-state index is 12.4. The molecule has 2 aromatic carbocycles. The molecule has 0 unspecified atom stereocenters. The Morgan fingerprint density at radius 3 is 2.70 bits per heavy atom. The van der Waals surface area contributed by atoms with E-state index in [0.29, 0.717) is 17.9 Å². The predicted octanol–water partition coefficient (Wildman–Crippen LogP) is 3.22. The number of amides is 1. The number of carbonyl (C=O) groups is 1. The minimum absolute atomic E-state index is 0.0224. The van der Waals surface area contributed by atoms with Gasteiger partial charge in [-0.15, -0.1) is 0 Å². The number of rotatable bonds is 6. The van der Waals surface area contributed by atoms with E-state index >= 15 is 0 Å². The molecule has 0 radical (unpaired) electrons. The molecule has 2 aromatic rings. The van der Waals surface area contributed by atoms with Crippen molar-refractivity contribution in [3.05, 3.63) is 59.2 Å². The van der Waals surface area contributed by atoms with E-state index in [0.717, 1.165) is 22.5 Å². The number of aryl methyl sites for hydroxylation is 1. The number of anilines is 2. The molecule has 0 saturated carbocycles. The topological polar surface area (TPSA) is 67.2 Å². The van der Waals surface area contributed by atoms with Gasteiger partial charge in [-0.1, -0.05) is 18.2 Å². The zero-order valence-electron chi connectivity index (χ0n) is 13.5. The van der Waals surface area contributed by atoms with E-state index in [9.17, 15) is 4.79 Å². The summed E-state index contributed by atoms with van der Waals surface area (Å²) in [4.78, 5) is 12.4. The molecule has 23 heavy (non-hydrogen) atoms. The number of nitrogens with two attached hydrogens (primary N) is 1. The second-order valence-corrected chi connectivity index (χ2v) is 5.97. The Bertz CT molecular complexity index is 688. The van der Waals surface area contributed by atoms with Gasteiger partial charge in [0.1, 0.15) is 0 Å². The highest BCUT2D eigenvalue weighted by atomic mass is 32.1. The van der Waals surface area contributed by atoms with Crippen LogP contribution in [0.4, 0.5) is 11.4 Å². The fourth-order valence-corrected chi connectivity index (χ4v) is 2.29. The highest BCUT2D eigenvalue weighted by Crippen LogP contribution is 2.19. The second-order valence-electron chi connectivity index (χ2n) is 5.61. The molecule has 2 rings (SSSR count). The van der Waals surface area contributed by atoms with Gasteiger partial charge in [0.05, 0.1) is 0 Å². The zero-order chi connectivity index (χ0) is 16.8. The Kier molecular flexibility index (Phi) is 6.07. The summed E-state index contributed by atoms with van der Waals surface area (Å²) in [5, 5.41) is 6.19. The Balaban J connectivity index is 2.09. The van der Waals surface area contributed by atoms with Crippen molar-refractivity contribution in [2.75, 3.05) is 22.9 Å². The van der Waals surface area contributed by atoms with Gasteiger partial charge >= 0.3 is 0 Å². The average molecular weight is 329 g/mol. The van der Waals surface area contributed by atoms with Crippen LogP contribution in [0, 0.1) is 13.8 Å². The zero-order valence-corrected chi connectivity index (χ0v) is 14.4. The minimum atomic E-state index is -0.124. The normalized spacial score (nSPS) is 11.8. The van der Waals surface area contributed by atoms with Crippen LogP contribution >= 0.6 is 12.6 Å². The molecule has 1 atom stereocenters. The molecule has 4 N–H and O–H groups in total. The van der Waals surface area contributed by atoms with E-state index in [1.54, 1.807) is 6.07 Å². The first-order valence-corrected chi connectivity index (χ1v) is 8.22. The molecule has 4 nitrogen and oxygen atoms in total. The largest absolute Gasteiger partial charge is 0.383 e. The lowest BCUT2D eigenvalue weighted by atomic mass is 10.1. The monoisotopic (exact) mass is 329 g/mol. The molecule has 1 amide bonds. The van der Waals surface area contributed by atoms with Crippen LogP contribution in [0.25, 0.3) is 0 Å². The molecule has 0 aromatic heterocycles. The van der Waals surface area contributed by atoms with E-state index in [1.807, 2.05) is 50.2 Å². The van der Waals surface area contributed by atoms with Crippen molar-refractivity contribution in [1.82, 2.24) is 0 Å². The number of hydrogen-bond acceptors (Lipinski definition) is 4. The Morgan fingerprint density at radius 2 is 1.96 bits per heavy atom. The molecule has 0 aliphatic rings. The summed E-state index contributed by atoms with van der Waals surface area (Å²) in [5.41, 5.74) is 10.4. The molecule has 0 aliphatic heterocycles. The highest BCUT2D eigenvalue weighted by molar-refractivity contribution is 7.80. The van der Waals surface area contributed by atoms with E-state index < -0.39 is 0 Å². The fraction of sp³-hybridized carbons (Fsp3) is 0.278. The van der Waals surface area contributed by atoms with Gasteiger partial charge < -0.3 is 16.4 Å². The Labute approximate surface area is 142 Å². The SMILES string of the molecule is Cc1cccc(NC(=O)c2cccc(NC[C@H](N)CS)c2)c1C. The molecule has 0 aliphatic carbocycles. The van der Waals surface area contributed by atoms with Gasteiger partial charge in [-0.25, -0.2) is 0 Å². The molecule has 0 fully saturated rings. The van der Waals surface area contributed by atoms with Gasteiger partial charge in [-0.05, 0) is 49.2 Å². The fourth-order valence-electron chi connectivity index (χ4n) is 2.16. The maximum absolute atomic E-state index is 12.4. The third-order valence-corrected chi connectivity index (χ3v) is 4.25. The van der Waals surface area contributed by atoms with E-state index in [1.165, 1.54) is 0 Å². The van der Waals surface area contributed by atoms with Crippen LogP contribution in [-0.4, -0.2) is 24.2 Å². The number of benzene rings is 2. The first kappa shape index (κ1) is 17.4. The van der Waals surface area contributed by atoms with E-state index in [2.05, 4.69) is 23.3 Å². The van der Waals surface area contributed by atoms with Gasteiger partial charge in [0.15, 0.2) is 0 Å². The van der Waals surface area contributed by atoms with Crippen LogP contribution in [0.2, 0.25) is 0 Å². The van der Waals surface area contributed by atoms with Crippen LogP contribution < -0.4 is 16.4 Å². The Hall–Kier alpha value is -1.98. The van der Waals surface area contributed by atoms with Gasteiger partial charge in [-0.2, -0.15) is 12.6 Å². The summed E-state index contributed by atoms with van der Waals surface area (Å²) in [6.45, 7) is 4.65. The Morgan fingerprint density at radius 1 is 1.22 bits per heavy atom.